The van der Waals surface area contributed by atoms with Crippen LogP contribution < -0.4 is 0 Å². The molecule has 0 spiro atoms. The van der Waals surface area contributed by atoms with Gasteiger partial charge in [0, 0.05) is 0 Å². The van der Waals surface area contributed by atoms with Gasteiger partial charge in [-0.3, -0.25) is 13.6 Å². The molecule has 0 fully saturated rings. The van der Waals surface area contributed by atoms with E-state index in [4.69, 9.17) is 13.6 Å². The van der Waals surface area contributed by atoms with E-state index in [9.17, 15) is 4.57 Å². The monoisotopic (exact) mass is 296 g/mol. The number of rotatable bonds is 12. The molecule has 4 nitrogen and oxygen atoms in total. The standard InChI is InChI=1S/C15H21O4P/c1-7-13(8-2)17-20(16,18-14(9-3)10-4)19-15(11-5)12-6/h7-15H,1-6H2. The molecule has 0 radical (unpaired) electrons. The molecule has 0 saturated heterocycles. The van der Waals surface area contributed by atoms with Gasteiger partial charge in [-0.1, -0.05) is 36.5 Å². The highest BCUT2D eigenvalue weighted by molar-refractivity contribution is 7.48. The molecule has 0 bridgehead atoms. The van der Waals surface area contributed by atoms with Crippen LogP contribution in [0.25, 0.3) is 0 Å². The summed E-state index contributed by atoms with van der Waals surface area (Å²) in [5.74, 6) is 0. The van der Waals surface area contributed by atoms with E-state index in [1.807, 2.05) is 0 Å². The van der Waals surface area contributed by atoms with Crippen LogP contribution in [0, 0.1) is 0 Å². The van der Waals surface area contributed by atoms with Crippen LogP contribution in [0.1, 0.15) is 0 Å². The van der Waals surface area contributed by atoms with Gasteiger partial charge < -0.3 is 0 Å². The lowest BCUT2D eigenvalue weighted by atomic mass is 10.4. The van der Waals surface area contributed by atoms with Crippen LogP contribution in [0.5, 0.6) is 0 Å². The molecule has 0 unspecified atom stereocenters. The molecular formula is C15H21O4P. The Bertz CT molecular complexity index is 342. The van der Waals surface area contributed by atoms with Crippen molar-refractivity contribution in [3.63, 3.8) is 0 Å². The molecule has 0 heterocycles. The molecule has 110 valence electrons. The largest absolute Gasteiger partial charge is 0.477 e. The van der Waals surface area contributed by atoms with E-state index < -0.39 is 26.1 Å². The molecule has 0 saturated carbocycles. The van der Waals surface area contributed by atoms with Crippen LogP contribution in [-0.4, -0.2) is 18.3 Å². The van der Waals surface area contributed by atoms with Crippen molar-refractivity contribution >= 4 is 7.82 Å². The first-order valence-electron chi connectivity index (χ1n) is 5.89. The SMILES string of the molecule is C=CC(C=C)OP(=O)(OC(C=C)C=C)OC(C=C)C=C. The quantitative estimate of drug-likeness (QED) is 0.396. The molecule has 5 heteroatoms. The predicted molar refractivity (Wildman–Crippen MR) is 83.4 cm³/mol. The zero-order valence-corrected chi connectivity index (χ0v) is 12.4. The summed E-state index contributed by atoms with van der Waals surface area (Å²) in [5.41, 5.74) is 0. The molecule has 0 atom stereocenters. The smallest absolute Gasteiger partial charge is 0.275 e. The Morgan fingerprint density at radius 2 is 0.800 bits per heavy atom. The fourth-order valence-corrected chi connectivity index (χ4v) is 2.63. The first-order valence-corrected chi connectivity index (χ1v) is 7.35. The number of hydrogen-bond donors (Lipinski definition) is 0. The van der Waals surface area contributed by atoms with E-state index in [-0.39, 0.29) is 0 Å². The van der Waals surface area contributed by atoms with Gasteiger partial charge in [-0.05, 0) is 0 Å². The highest BCUT2D eigenvalue weighted by atomic mass is 31.2. The van der Waals surface area contributed by atoms with Crippen molar-refractivity contribution in [3.8, 4) is 0 Å². The fraction of sp³-hybridized carbons (Fsp3) is 0.200. The Labute approximate surface area is 121 Å². The minimum Gasteiger partial charge on any atom is -0.275 e. The molecule has 0 aliphatic heterocycles. The molecule has 0 aliphatic rings. The molecule has 0 N–H and O–H groups in total. The minimum absolute atomic E-state index is 0.689. The summed E-state index contributed by atoms with van der Waals surface area (Å²) in [7, 11) is -3.91. The van der Waals surface area contributed by atoms with Gasteiger partial charge in [-0.15, -0.1) is 39.5 Å². The van der Waals surface area contributed by atoms with Gasteiger partial charge in [0.25, 0.3) is 0 Å². The van der Waals surface area contributed by atoms with Crippen LogP contribution in [0.15, 0.2) is 75.9 Å². The maximum absolute atomic E-state index is 12.6. The van der Waals surface area contributed by atoms with Gasteiger partial charge in [0.2, 0.25) is 0 Å². The van der Waals surface area contributed by atoms with Crippen LogP contribution in [0.3, 0.4) is 0 Å². The van der Waals surface area contributed by atoms with E-state index in [0.29, 0.717) is 0 Å². The Hall–Kier alpha value is -1.45. The number of phosphoric ester groups is 1. The third kappa shape index (κ3) is 6.13. The Morgan fingerprint density at radius 3 is 0.950 bits per heavy atom. The fourth-order valence-electron chi connectivity index (χ4n) is 1.07. The second kappa shape index (κ2) is 9.45. The average Bonchev–Trinajstić information content (AvgIpc) is 2.48. The zero-order chi connectivity index (χ0) is 15.6. The van der Waals surface area contributed by atoms with E-state index >= 15 is 0 Å². The first kappa shape index (κ1) is 18.6. The number of hydrogen-bond acceptors (Lipinski definition) is 4. The molecule has 0 aromatic heterocycles. The predicted octanol–water partition coefficient (Wildman–Crippen LogP) is 4.37. The topological polar surface area (TPSA) is 44.8 Å². The summed E-state index contributed by atoms with van der Waals surface area (Å²) in [5, 5.41) is 0. The van der Waals surface area contributed by atoms with E-state index in [1.165, 1.54) is 36.5 Å². The summed E-state index contributed by atoms with van der Waals surface area (Å²) < 4.78 is 28.5. The van der Waals surface area contributed by atoms with Crippen LogP contribution in [0.2, 0.25) is 0 Å². The second-order valence-corrected chi connectivity index (χ2v) is 5.10. The van der Waals surface area contributed by atoms with Gasteiger partial charge in [-0.2, -0.15) is 0 Å². The maximum atomic E-state index is 12.6. The highest BCUT2D eigenvalue weighted by Crippen LogP contribution is 2.53. The molecular weight excluding hydrogens is 275 g/mol. The van der Waals surface area contributed by atoms with Crippen molar-refractivity contribution in [2.24, 2.45) is 0 Å². The van der Waals surface area contributed by atoms with E-state index in [1.54, 1.807) is 0 Å². The van der Waals surface area contributed by atoms with E-state index in [0.717, 1.165) is 0 Å². The third-order valence-electron chi connectivity index (χ3n) is 2.15. The second-order valence-electron chi connectivity index (χ2n) is 3.57. The lowest BCUT2D eigenvalue weighted by Crippen LogP contribution is -2.15. The summed E-state index contributed by atoms with van der Waals surface area (Å²) in [4.78, 5) is 0. The summed E-state index contributed by atoms with van der Waals surface area (Å²) in [6.45, 7) is 21.3. The van der Waals surface area contributed by atoms with Crippen LogP contribution >= 0.6 is 7.82 Å². The van der Waals surface area contributed by atoms with Gasteiger partial charge >= 0.3 is 7.82 Å². The number of phosphoric acid groups is 1. The van der Waals surface area contributed by atoms with Crippen molar-refractivity contribution in [2.45, 2.75) is 18.3 Å². The average molecular weight is 296 g/mol. The van der Waals surface area contributed by atoms with Crippen molar-refractivity contribution in [1.82, 2.24) is 0 Å². The zero-order valence-electron chi connectivity index (χ0n) is 11.5. The summed E-state index contributed by atoms with van der Waals surface area (Å²) in [6.07, 6.45) is 6.43. The minimum atomic E-state index is -3.91. The molecule has 0 aromatic carbocycles. The molecule has 0 aliphatic carbocycles. The lowest BCUT2D eigenvalue weighted by molar-refractivity contribution is 0.0931. The van der Waals surface area contributed by atoms with Gasteiger partial charge in [0.15, 0.2) is 0 Å². The first-order chi connectivity index (χ1) is 9.48. The Morgan fingerprint density at radius 1 is 0.600 bits per heavy atom. The summed E-state index contributed by atoms with van der Waals surface area (Å²) in [6, 6.07) is 0. The van der Waals surface area contributed by atoms with Gasteiger partial charge in [-0.25, -0.2) is 4.57 Å². The summed E-state index contributed by atoms with van der Waals surface area (Å²) >= 11 is 0. The van der Waals surface area contributed by atoms with Crippen molar-refractivity contribution in [2.75, 3.05) is 0 Å². The molecule has 20 heavy (non-hydrogen) atoms. The van der Waals surface area contributed by atoms with Gasteiger partial charge in [0.05, 0.1) is 0 Å². The van der Waals surface area contributed by atoms with Crippen molar-refractivity contribution in [3.05, 3.63) is 75.9 Å². The molecule has 0 amide bonds. The highest BCUT2D eigenvalue weighted by Gasteiger charge is 2.33. The normalized spacial score (nSPS) is 11.3. The molecule has 0 aromatic rings. The maximum Gasteiger partial charge on any atom is 0.477 e. The van der Waals surface area contributed by atoms with Crippen molar-refractivity contribution in [1.29, 1.82) is 0 Å². The lowest BCUT2D eigenvalue weighted by Gasteiger charge is -2.24. The Balaban J connectivity index is 5.23. The van der Waals surface area contributed by atoms with Crippen molar-refractivity contribution < 1.29 is 18.1 Å². The van der Waals surface area contributed by atoms with E-state index in [2.05, 4.69) is 39.5 Å². The third-order valence-corrected chi connectivity index (χ3v) is 3.65. The molecule has 0 rings (SSSR count). The Kier molecular flexibility index (Phi) is 8.77. The van der Waals surface area contributed by atoms with Crippen LogP contribution in [0.4, 0.5) is 0 Å². The van der Waals surface area contributed by atoms with Crippen LogP contribution in [-0.2, 0) is 18.1 Å². The van der Waals surface area contributed by atoms with Gasteiger partial charge in [0.1, 0.15) is 18.3 Å².